The van der Waals surface area contributed by atoms with E-state index in [2.05, 4.69) is 78.2 Å². The van der Waals surface area contributed by atoms with Crippen LogP contribution in [-0.4, -0.2) is 36.7 Å². The lowest BCUT2D eigenvalue weighted by Gasteiger charge is -2.24. The molecule has 0 saturated heterocycles. The van der Waals surface area contributed by atoms with Gasteiger partial charge in [0.2, 0.25) is 0 Å². The Morgan fingerprint density at radius 1 is 1.07 bits per heavy atom. The number of amides is 1. The number of carbonyl (C=O) groups excluding carboxylic acids is 1. The summed E-state index contributed by atoms with van der Waals surface area (Å²) < 4.78 is 0. The first kappa shape index (κ1) is 42.8. The average Bonchev–Trinajstić information content (AvgIpc) is 3.04. The van der Waals surface area contributed by atoms with Gasteiger partial charge in [0.25, 0.3) is 5.91 Å². The molecule has 1 aromatic rings. The first-order valence-electron chi connectivity index (χ1n) is 16.7. The molecule has 0 aliphatic carbocycles. The Labute approximate surface area is 272 Å². The molecule has 2 unspecified atom stereocenters. The van der Waals surface area contributed by atoms with E-state index in [1.54, 1.807) is 6.08 Å². The van der Waals surface area contributed by atoms with Crippen molar-refractivity contribution in [3.63, 3.8) is 0 Å². The van der Waals surface area contributed by atoms with Gasteiger partial charge in [-0.05, 0) is 81.2 Å². The number of nitrogens with one attached hydrogen (secondary N) is 1. The summed E-state index contributed by atoms with van der Waals surface area (Å²) >= 11 is 0. The number of nitrogens with two attached hydrogens (primary N) is 1. The Balaban J connectivity index is 0. The third kappa shape index (κ3) is 18.4. The number of hydrogen-bond donors (Lipinski definition) is 2. The van der Waals surface area contributed by atoms with Crippen LogP contribution in [0, 0.1) is 12.8 Å². The molecule has 2 atom stereocenters. The van der Waals surface area contributed by atoms with Crippen LogP contribution in [0.25, 0.3) is 0 Å². The van der Waals surface area contributed by atoms with Crippen LogP contribution in [0.15, 0.2) is 84.1 Å². The number of benzene rings is 1. The van der Waals surface area contributed by atoms with Gasteiger partial charge in [-0.1, -0.05) is 110 Å². The van der Waals surface area contributed by atoms with Crippen molar-refractivity contribution in [2.45, 2.75) is 113 Å². The van der Waals surface area contributed by atoms with Crippen LogP contribution in [0.5, 0.6) is 0 Å². The summed E-state index contributed by atoms with van der Waals surface area (Å²) in [5.41, 5.74) is 11.9. The minimum absolute atomic E-state index is 0.0635. The summed E-state index contributed by atoms with van der Waals surface area (Å²) in [6.45, 7) is 28.0. The second-order valence-corrected chi connectivity index (χ2v) is 11.0. The maximum Gasteiger partial charge on any atom is 0.269 e. The highest BCUT2D eigenvalue weighted by Gasteiger charge is 2.17. The zero-order valence-electron chi connectivity index (χ0n) is 30.0. The second kappa shape index (κ2) is 27.2. The van der Waals surface area contributed by atoms with E-state index < -0.39 is 0 Å². The molecule has 1 amide bonds. The number of aryl methyl sites for hydroxylation is 1. The first-order valence-corrected chi connectivity index (χ1v) is 16.7. The molecule has 0 spiro atoms. The molecule has 0 heterocycles. The smallest absolute Gasteiger partial charge is 0.269 e. The Morgan fingerprint density at radius 3 is 2.16 bits per heavy atom. The number of allylic oxidation sites excluding steroid dienone is 6. The SMILES string of the molecule is C=CC(/C=C\C)=C/C.C=CCC(N=C(/C=C(\N)C(=O)N(CCC)CCC(C)CC)CC)c1ccc(C)c(NC)c1.CCCC. The molecule has 0 bridgehead atoms. The number of unbranched alkanes of at least 4 members (excludes halogenated alkanes) is 1. The van der Waals surface area contributed by atoms with E-state index in [-0.39, 0.29) is 17.6 Å². The molecular weight excluding hydrogens is 540 g/mol. The van der Waals surface area contributed by atoms with Gasteiger partial charge in [-0.25, -0.2) is 0 Å². The minimum atomic E-state index is -0.0932. The molecule has 1 rings (SSSR count). The van der Waals surface area contributed by atoms with Crippen LogP contribution >= 0.6 is 0 Å². The molecule has 44 heavy (non-hydrogen) atoms. The molecule has 5 nitrogen and oxygen atoms in total. The fourth-order valence-corrected chi connectivity index (χ4v) is 4.03. The second-order valence-electron chi connectivity index (χ2n) is 11.0. The van der Waals surface area contributed by atoms with E-state index in [1.165, 1.54) is 24.0 Å². The van der Waals surface area contributed by atoms with Gasteiger partial charge in [-0.15, -0.1) is 6.58 Å². The average molecular weight is 607 g/mol. The zero-order valence-corrected chi connectivity index (χ0v) is 30.0. The topological polar surface area (TPSA) is 70.7 Å². The zero-order chi connectivity index (χ0) is 33.9. The van der Waals surface area contributed by atoms with Crippen LogP contribution in [0.1, 0.15) is 118 Å². The standard InChI is InChI=1S/C27H44N4O.C8H12.C4H10/c1-8-12-25(22-14-13-21(6)26(18-22)29-7)30-23(11-4)19-24(28)27(32)31(16-9-2)17-15-20(5)10-3;1-4-7-8(5-2)6-3;1-3-4-2/h8,13-14,18-20,25,29H,1,9-12,15-17,28H2,2-7H3;4-7H,2H2,1,3H3;3-4H2,1-2H3/b24-19-,30-23?;7-4-,8-6-;. The van der Waals surface area contributed by atoms with Gasteiger partial charge < -0.3 is 16.0 Å². The summed E-state index contributed by atoms with van der Waals surface area (Å²) in [5.74, 6) is 0.501. The number of aliphatic imine (C=N–C) groups is 1. The third-order valence-corrected chi connectivity index (χ3v) is 7.36. The van der Waals surface area contributed by atoms with E-state index in [1.807, 2.05) is 63.1 Å². The van der Waals surface area contributed by atoms with E-state index in [0.717, 1.165) is 49.3 Å². The first-order chi connectivity index (χ1) is 21.1. The molecule has 0 aliphatic heterocycles. The maximum atomic E-state index is 13.0. The van der Waals surface area contributed by atoms with Crippen LogP contribution < -0.4 is 11.1 Å². The van der Waals surface area contributed by atoms with Gasteiger partial charge >= 0.3 is 0 Å². The van der Waals surface area contributed by atoms with Crippen LogP contribution in [0.3, 0.4) is 0 Å². The predicted molar refractivity (Wildman–Crippen MR) is 199 cm³/mol. The molecule has 248 valence electrons. The lowest BCUT2D eigenvalue weighted by Crippen LogP contribution is -2.36. The summed E-state index contributed by atoms with van der Waals surface area (Å²) in [4.78, 5) is 19.9. The molecule has 0 aliphatic rings. The van der Waals surface area contributed by atoms with E-state index >= 15 is 0 Å². The molecule has 1 aromatic carbocycles. The van der Waals surface area contributed by atoms with Crippen molar-refractivity contribution in [3.8, 4) is 0 Å². The normalized spacial score (nSPS) is 13.2. The van der Waals surface area contributed by atoms with Gasteiger partial charge in [0, 0.05) is 31.5 Å². The highest BCUT2D eigenvalue weighted by atomic mass is 16.2. The number of rotatable bonds is 17. The van der Waals surface area contributed by atoms with Crippen molar-refractivity contribution in [2.24, 2.45) is 16.6 Å². The van der Waals surface area contributed by atoms with Crippen molar-refractivity contribution in [1.82, 2.24) is 4.90 Å². The van der Waals surface area contributed by atoms with Crippen LogP contribution in [0.4, 0.5) is 5.69 Å². The third-order valence-electron chi connectivity index (χ3n) is 7.36. The van der Waals surface area contributed by atoms with Crippen LogP contribution in [-0.2, 0) is 4.79 Å². The van der Waals surface area contributed by atoms with Crippen molar-refractivity contribution < 1.29 is 4.79 Å². The number of anilines is 1. The van der Waals surface area contributed by atoms with Crippen molar-refractivity contribution >= 4 is 17.3 Å². The van der Waals surface area contributed by atoms with Gasteiger partial charge in [-0.3, -0.25) is 9.79 Å². The van der Waals surface area contributed by atoms with Crippen molar-refractivity contribution in [1.29, 1.82) is 0 Å². The Morgan fingerprint density at radius 2 is 1.73 bits per heavy atom. The summed E-state index contributed by atoms with van der Waals surface area (Å²) in [6, 6.07) is 6.28. The quantitative estimate of drug-likeness (QED) is 0.0802. The monoisotopic (exact) mass is 607 g/mol. The Bertz CT molecular complexity index is 1060. The van der Waals surface area contributed by atoms with Crippen molar-refractivity contribution in [3.05, 3.63) is 90.2 Å². The van der Waals surface area contributed by atoms with E-state index in [0.29, 0.717) is 18.8 Å². The van der Waals surface area contributed by atoms with Crippen molar-refractivity contribution in [2.75, 3.05) is 25.5 Å². The molecule has 0 radical (unpaired) electrons. The molecule has 0 saturated carbocycles. The number of hydrogen-bond acceptors (Lipinski definition) is 4. The van der Waals surface area contributed by atoms with Crippen LogP contribution in [0.2, 0.25) is 0 Å². The fraction of sp³-hybridized carbons (Fsp3) is 0.538. The molecule has 0 fully saturated rings. The Kier molecular flexibility index (Phi) is 26.5. The van der Waals surface area contributed by atoms with Gasteiger partial charge in [0.1, 0.15) is 0 Å². The van der Waals surface area contributed by atoms with Gasteiger partial charge in [-0.2, -0.15) is 0 Å². The number of carbonyl (C=O) groups is 1. The molecular formula is C39H66N4O. The largest absolute Gasteiger partial charge is 0.394 e. The summed E-state index contributed by atoms with van der Waals surface area (Å²) in [5, 5.41) is 3.24. The highest BCUT2D eigenvalue weighted by Crippen LogP contribution is 2.27. The van der Waals surface area contributed by atoms with E-state index in [4.69, 9.17) is 10.7 Å². The van der Waals surface area contributed by atoms with E-state index in [9.17, 15) is 4.79 Å². The molecule has 5 heteroatoms. The minimum Gasteiger partial charge on any atom is -0.394 e. The predicted octanol–water partition coefficient (Wildman–Crippen LogP) is 10.5. The Hall–Kier alpha value is -3.34. The lowest BCUT2D eigenvalue weighted by atomic mass is 10.0. The number of nitrogens with zero attached hydrogens (tertiary/aromatic N) is 2. The molecule has 3 N–H and O–H groups in total. The maximum absolute atomic E-state index is 13.0. The highest BCUT2D eigenvalue weighted by molar-refractivity contribution is 6.03. The van der Waals surface area contributed by atoms with Gasteiger partial charge in [0.15, 0.2) is 0 Å². The van der Waals surface area contributed by atoms with Gasteiger partial charge in [0.05, 0.1) is 11.7 Å². The molecule has 0 aromatic heterocycles. The fourth-order valence-electron chi connectivity index (χ4n) is 4.03. The lowest BCUT2D eigenvalue weighted by molar-refractivity contribution is -0.127. The summed E-state index contributed by atoms with van der Waals surface area (Å²) in [6.07, 6.45) is 18.6. The summed E-state index contributed by atoms with van der Waals surface area (Å²) in [7, 11) is 1.92.